The van der Waals surface area contributed by atoms with Crippen molar-refractivity contribution < 1.29 is 18.9 Å². The number of nitrogens with zero attached hydrogens (tertiary/aromatic N) is 2. The molecule has 0 fully saturated rings. The summed E-state index contributed by atoms with van der Waals surface area (Å²) in [5, 5.41) is 16.7. The van der Waals surface area contributed by atoms with E-state index in [4.69, 9.17) is 11.6 Å². The van der Waals surface area contributed by atoms with E-state index in [1.165, 1.54) is 31.2 Å². The van der Waals surface area contributed by atoms with Crippen molar-refractivity contribution in [2.24, 2.45) is 5.10 Å². The van der Waals surface area contributed by atoms with Gasteiger partial charge < -0.3 is 5.32 Å². The van der Waals surface area contributed by atoms with Crippen LogP contribution in [0, 0.1) is 15.9 Å². The quantitative estimate of drug-likeness (QED) is 0.444. The number of carbonyl (C=O) groups excluding carboxylic acids is 2. The molecule has 0 radical (unpaired) electrons. The van der Waals surface area contributed by atoms with Crippen molar-refractivity contribution in [2.45, 2.75) is 13.3 Å². The highest BCUT2D eigenvalue weighted by Crippen LogP contribution is 2.24. The Kier molecular flexibility index (Phi) is 6.56. The number of hydrogen-bond donors (Lipinski definition) is 2. The average molecular weight is 393 g/mol. The largest absolute Gasteiger partial charge is 0.323 e. The fourth-order valence-corrected chi connectivity index (χ4v) is 2.29. The van der Waals surface area contributed by atoms with Gasteiger partial charge in [-0.3, -0.25) is 19.7 Å². The molecule has 0 heterocycles. The number of benzene rings is 2. The lowest BCUT2D eigenvalue weighted by atomic mass is 10.2. The summed E-state index contributed by atoms with van der Waals surface area (Å²) >= 11 is 5.75. The molecule has 2 amide bonds. The molecule has 10 heteroatoms. The molecule has 2 aromatic rings. The van der Waals surface area contributed by atoms with E-state index in [0.717, 1.165) is 12.1 Å². The minimum Gasteiger partial charge on any atom is -0.323 e. The lowest BCUT2D eigenvalue weighted by molar-refractivity contribution is -0.384. The molecule has 0 unspecified atom stereocenters. The molecule has 2 aromatic carbocycles. The Morgan fingerprint density at radius 3 is 2.59 bits per heavy atom. The summed E-state index contributed by atoms with van der Waals surface area (Å²) in [6.07, 6.45) is -0.171. The zero-order chi connectivity index (χ0) is 20.0. The Labute approximate surface area is 158 Å². The maximum Gasteiger partial charge on any atom is 0.287 e. The van der Waals surface area contributed by atoms with E-state index in [0.29, 0.717) is 0 Å². The Hall–Kier alpha value is -3.33. The molecule has 0 aliphatic carbocycles. The van der Waals surface area contributed by atoms with Gasteiger partial charge in [-0.25, -0.2) is 9.82 Å². The summed E-state index contributed by atoms with van der Waals surface area (Å²) in [4.78, 5) is 33.9. The molecule has 2 rings (SSSR count). The Balaban J connectivity index is 1.95. The fourth-order valence-electron chi connectivity index (χ4n) is 2.04. The Morgan fingerprint density at radius 1 is 1.26 bits per heavy atom. The third-order valence-corrected chi connectivity index (χ3v) is 3.62. The van der Waals surface area contributed by atoms with Crippen LogP contribution in [0.15, 0.2) is 47.6 Å². The predicted octanol–water partition coefficient (Wildman–Crippen LogP) is 3.52. The molecule has 0 saturated carbocycles. The van der Waals surface area contributed by atoms with Crippen molar-refractivity contribution in [1.82, 2.24) is 5.43 Å². The van der Waals surface area contributed by atoms with Crippen molar-refractivity contribution in [3.8, 4) is 0 Å². The topological polar surface area (TPSA) is 114 Å². The minimum absolute atomic E-state index is 0.0415. The van der Waals surface area contributed by atoms with Crippen molar-refractivity contribution in [1.29, 1.82) is 0 Å². The molecule has 2 N–H and O–H groups in total. The van der Waals surface area contributed by atoms with E-state index in [2.05, 4.69) is 15.8 Å². The lowest BCUT2D eigenvalue weighted by Gasteiger charge is -2.06. The first-order valence-corrected chi connectivity index (χ1v) is 7.97. The van der Waals surface area contributed by atoms with Crippen LogP contribution in [0.4, 0.5) is 15.8 Å². The molecule has 0 bridgehead atoms. The molecule has 0 aliphatic heterocycles. The monoisotopic (exact) mass is 392 g/mol. The molecule has 27 heavy (non-hydrogen) atoms. The van der Waals surface area contributed by atoms with Gasteiger partial charge in [-0.1, -0.05) is 23.7 Å². The molecule has 8 nitrogen and oxygen atoms in total. The lowest BCUT2D eigenvalue weighted by Crippen LogP contribution is -2.21. The first kappa shape index (κ1) is 20.0. The molecular formula is C17H14ClFN4O4. The number of nitro groups is 1. The summed E-state index contributed by atoms with van der Waals surface area (Å²) in [6.45, 7) is 1.50. The van der Waals surface area contributed by atoms with E-state index in [9.17, 15) is 24.1 Å². The van der Waals surface area contributed by atoms with Crippen LogP contribution in [0.1, 0.15) is 23.7 Å². The maximum atomic E-state index is 13.5. The zero-order valence-corrected chi connectivity index (χ0v) is 14.8. The van der Waals surface area contributed by atoms with Crippen LogP contribution in [-0.4, -0.2) is 22.4 Å². The number of rotatable bonds is 6. The summed E-state index contributed by atoms with van der Waals surface area (Å²) in [6, 6.07) is 9.19. The van der Waals surface area contributed by atoms with Crippen molar-refractivity contribution in [3.63, 3.8) is 0 Å². The van der Waals surface area contributed by atoms with Gasteiger partial charge in [0.25, 0.3) is 11.6 Å². The maximum absolute atomic E-state index is 13.5. The number of anilines is 1. The molecule has 0 saturated heterocycles. The summed E-state index contributed by atoms with van der Waals surface area (Å²) in [5.74, 6) is -1.72. The van der Waals surface area contributed by atoms with E-state index < -0.39 is 22.6 Å². The van der Waals surface area contributed by atoms with Crippen molar-refractivity contribution >= 4 is 40.5 Å². The smallest absolute Gasteiger partial charge is 0.287 e. The van der Waals surface area contributed by atoms with Gasteiger partial charge in [0.1, 0.15) is 10.8 Å². The fraction of sp³-hybridized carbons (Fsp3) is 0.118. The molecule has 0 aliphatic rings. The van der Waals surface area contributed by atoms with Crippen LogP contribution in [0.5, 0.6) is 0 Å². The van der Waals surface area contributed by atoms with Crippen molar-refractivity contribution in [2.75, 3.05) is 5.32 Å². The summed E-state index contributed by atoms with van der Waals surface area (Å²) < 4.78 is 13.5. The number of nitrogens with one attached hydrogen (secondary N) is 2. The summed E-state index contributed by atoms with van der Waals surface area (Å²) in [5.41, 5.74) is 2.28. The Morgan fingerprint density at radius 2 is 1.96 bits per heavy atom. The standard InChI is InChI=1S/C17H14ClFN4O4/c1-10(8-16(24)20-14-5-3-2-4-13(14)19)21-22-17(25)11-6-7-15(23(26)27)12(18)9-11/h2-7,9H,8H2,1H3,(H,20,24)(H,22,25)/b21-10+. The first-order valence-electron chi connectivity index (χ1n) is 7.59. The van der Waals surface area contributed by atoms with E-state index in [-0.39, 0.29) is 34.1 Å². The van der Waals surface area contributed by atoms with Gasteiger partial charge >= 0.3 is 0 Å². The number of para-hydroxylation sites is 1. The molecule has 0 atom stereocenters. The number of hydrazone groups is 1. The SMILES string of the molecule is C/C(CC(=O)Nc1ccccc1F)=N\NC(=O)c1ccc([N+](=O)[O-])c(Cl)c1. The van der Waals surface area contributed by atoms with Gasteiger partial charge in [0.2, 0.25) is 5.91 Å². The van der Waals surface area contributed by atoms with E-state index in [1.54, 1.807) is 6.07 Å². The van der Waals surface area contributed by atoms with Gasteiger partial charge in [-0.2, -0.15) is 5.10 Å². The van der Waals surface area contributed by atoms with Gasteiger partial charge in [-0.05, 0) is 31.2 Å². The highest BCUT2D eigenvalue weighted by atomic mass is 35.5. The van der Waals surface area contributed by atoms with Crippen LogP contribution in [-0.2, 0) is 4.79 Å². The molecule has 0 aromatic heterocycles. The summed E-state index contributed by atoms with van der Waals surface area (Å²) in [7, 11) is 0. The predicted molar refractivity (Wildman–Crippen MR) is 98.3 cm³/mol. The molecule has 140 valence electrons. The minimum atomic E-state index is -0.666. The second-order valence-corrected chi connectivity index (χ2v) is 5.82. The first-order chi connectivity index (χ1) is 12.8. The van der Waals surface area contributed by atoms with Gasteiger partial charge in [-0.15, -0.1) is 0 Å². The number of hydrogen-bond acceptors (Lipinski definition) is 5. The normalized spacial score (nSPS) is 11.0. The van der Waals surface area contributed by atoms with Crippen LogP contribution < -0.4 is 10.7 Å². The number of halogens is 2. The number of amides is 2. The van der Waals surface area contributed by atoms with Gasteiger partial charge in [0, 0.05) is 17.3 Å². The zero-order valence-electron chi connectivity index (χ0n) is 14.0. The van der Waals surface area contributed by atoms with Gasteiger partial charge in [0.05, 0.1) is 17.0 Å². The Bertz CT molecular complexity index is 933. The van der Waals surface area contributed by atoms with Crippen LogP contribution >= 0.6 is 11.6 Å². The van der Waals surface area contributed by atoms with Crippen LogP contribution in [0.3, 0.4) is 0 Å². The van der Waals surface area contributed by atoms with Gasteiger partial charge in [0.15, 0.2) is 0 Å². The number of carbonyl (C=O) groups is 2. The third kappa shape index (κ3) is 5.58. The molecule has 0 spiro atoms. The van der Waals surface area contributed by atoms with E-state index in [1.807, 2.05) is 0 Å². The second kappa shape index (κ2) is 8.86. The van der Waals surface area contributed by atoms with E-state index >= 15 is 0 Å². The number of nitro benzene ring substituents is 1. The van der Waals surface area contributed by atoms with Crippen LogP contribution in [0.25, 0.3) is 0 Å². The van der Waals surface area contributed by atoms with Crippen molar-refractivity contribution in [3.05, 3.63) is 69.0 Å². The van der Waals surface area contributed by atoms with Crippen LogP contribution in [0.2, 0.25) is 5.02 Å². The highest BCUT2D eigenvalue weighted by molar-refractivity contribution is 6.33. The average Bonchev–Trinajstić information content (AvgIpc) is 2.61. The molecular weight excluding hydrogens is 379 g/mol. The third-order valence-electron chi connectivity index (χ3n) is 3.32. The second-order valence-electron chi connectivity index (χ2n) is 5.42. The highest BCUT2D eigenvalue weighted by Gasteiger charge is 2.15.